The maximum absolute atomic E-state index is 12.9. The zero-order valence-corrected chi connectivity index (χ0v) is 15.1. The number of carbonyl (C=O) groups is 1. The molecule has 6 nitrogen and oxygen atoms in total. The third-order valence-electron chi connectivity index (χ3n) is 5.06. The zero-order chi connectivity index (χ0) is 17.3. The summed E-state index contributed by atoms with van der Waals surface area (Å²) < 4.78 is 27.5. The van der Waals surface area contributed by atoms with Gasteiger partial charge in [-0.1, -0.05) is 6.07 Å². The molecule has 0 aliphatic carbocycles. The van der Waals surface area contributed by atoms with Crippen molar-refractivity contribution >= 4 is 21.6 Å². The lowest BCUT2D eigenvalue weighted by Gasteiger charge is -2.32. The number of aryl methyl sites for hydroxylation is 1. The minimum absolute atomic E-state index is 0.0414. The molecule has 1 saturated heterocycles. The summed E-state index contributed by atoms with van der Waals surface area (Å²) in [5.41, 5.74) is 1.80. The van der Waals surface area contributed by atoms with Crippen molar-refractivity contribution in [2.24, 2.45) is 0 Å². The third-order valence-corrected chi connectivity index (χ3v) is 6.95. The molecular weight excluding hydrogens is 326 g/mol. The van der Waals surface area contributed by atoms with Crippen LogP contribution >= 0.6 is 0 Å². The summed E-state index contributed by atoms with van der Waals surface area (Å²) in [6, 6.07) is 5.60. The van der Waals surface area contributed by atoms with Crippen molar-refractivity contribution < 1.29 is 13.2 Å². The molecule has 24 heavy (non-hydrogen) atoms. The number of nitrogens with one attached hydrogen (secondary N) is 1. The standard InChI is InChI=1S/C17H25N3O3S/c1-13(21)20-9-3-4-14-5-6-16(12-17(14)20)24(22,23)19-10-7-15(18-2)8-11-19/h5-6,12,15,18H,3-4,7-11H2,1-2H3. The number of amides is 1. The Labute approximate surface area is 143 Å². The molecule has 2 aliphatic heterocycles. The third kappa shape index (κ3) is 3.20. The summed E-state index contributed by atoms with van der Waals surface area (Å²) in [4.78, 5) is 13.8. The van der Waals surface area contributed by atoms with Crippen molar-refractivity contribution in [3.05, 3.63) is 23.8 Å². The fourth-order valence-corrected chi connectivity index (χ4v) is 5.07. The van der Waals surface area contributed by atoms with Crippen molar-refractivity contribution in [2.45, 2.75) is 43.5 Å². The number of piperidine rings is 1. The molecule has 1 fully saturated rings. The first-order valence-corrected chi connectivity index (χ1v) is 9.96. The molecule has 7 heteroatoms. The molecule has 2 heterocycles. The van der Waals surface area contributed by atoms with Crippen molar-refractivity contribution in [1.29, 1.82) is 0 Å². The topological polar surface area (TPSA) is 69.7 Å². The highest BCUT2D eigenvalue weighted by atomic mass is 32.2. The molecule has 3 rings (SSSR count). The Bertz CT molecular complexity index is 725. The van der Waals surface area contributed by atoms with Gasteiger partial charge in [-0.15, -0.1) is 0 Å². The Hall–Kier alpha value is -1.44. The van der Waals surface area contributed by atoms with E-state index in [0.29, 0.717) is 25.7 Å². The van der Waals surface area contributed by atoms with Gasteiger partial charge < -0.3 is 10.2 Å². The second-order valence-electron chi connectivity index (χ2n) is 6.53. The van der Waals surface area contributed by atoms with Gasteiger partial charge >= 0.3 is 0 Å². The number of fused-ring (bicyclic) bond motifs is 1. The lowest BCUT2D eigenvalue weighted by molar-refractivity contribution is -0.116. The van der Waals surface area contributed by atoms with E-state index in [9.17, 15) is 13.2 Å². The molecule has 1 aromatic rings. The second-order valence-corrected chi connectivity index (χ2v) is 8.47. The predicted molar refractivity (Wildman–Crippen MR) is 93.6 cm³/mol. The summed E-state index contributed by atoms with van der Waals surface area (Å²) >= 11 is 0. The van der Waals surface area contributed by atoms with Crippen LogP contribution in [0.4, 0.5) is 5.69 Å². The van der Waals surface area contributed by atoms with Crippen molar-refractivity contribution in [3.63, 3.8) is 0 Å². The average molecular weight is 351 g/mol. The number of nitrogens with zero attached hydrogens (tertiary/aromatic N) is 2. The fraction of sp³-hybridized carbons (Fsp3) is 0.588. The zero-order valence-electron chi connectivity index (χ0n) is 14.3. The Balaban J connectivity index is 1.89. The largest absolute Gasteiger partial charge is 0.317 e. The van der Waals surface area contributed by atoms with E-state index in [1.807, 2.05) is 13.1 Å². The van der Waals surface area contributed by atoms with Gasteiger partial charge in [0.15, 0.2) is 0 Å². The van der Waals surface area contributed by atoms with Crippen LogP contribution in [0.2, 0.25) is 0 Å². The molecule has 0 spiro atoms. The SMILES string of the molecule is CNC1CCN(S(=O)(=O)c2ccc3c(c2)N(C(C)=O)CCC3)CC1. The summed E-state index contributed by atoms with van der Waals surface area (Å²) in [5, 5.41) is 3.21. The van der Waals surface area contributed by atoms with Crippen molar-refractivity contribution in [2.75, 3.05) is 31.6 Å². The molecule has 1 amide bonds. The average Bonchev–Trinajstić information content (AvgIpc) is 2.60. The summed E-state index contributed by atoms with van der Waals surface area (Å²) in [5.74, 6) is -0.0414. The maximum Gasteiger partial charge on any atom is 0.243 e. The lowest BCUT2D eigenvalue weighted by Crippen LogP contribution is -2.44. The minimum Gasteiger partial charge on any atom is -0.317 e. The molecule has 1 aromatic carbocycles. The molecule has 0 radical (unpaired) electrons. The number of hydrogen-bond donors (Lipinski definition) is 1. The van der Waals surface area contributed by atoms with E-state index in [1.165, 1.54) is 6.92 Å². The van der Waals surface area contributed by atoms with E-state index >= 15 is 0 Å². The fourth-order valence-electron chi connectivity index (χ4n) is 3.58. The number of rotatable bonds is 3. The van der Waals surface area contributed by atoms with Gasteiger partial charge in [0.1, 0.15) is 0 Å². The van der Waals surface area contributed by atoms with Gasteiger partial charge in [-0.3, -0.25) is 4.79 Å². The van der Waals surface area contributed by atoms with Crippen LogP contribution in [0.25, 0.3) is 0 Å². The van der Waals surface area contributed by atoms with E-state index in [-0.39, 0.29) is 10.8 Å². The highest BCUT2D eigenvalue weighted by Crippen LogP contribution is 2.31. The van der Waals surface area contributed by atoms with Crippen LogP contribution in [0.3, 0.4) is 0 Å². The predicted octanol–water partition coefficient (Wildman–Crippen LogP) is 1.36. The van der Waals surface area contributed by atoms with E-state index < -0.39 is 10.0 Å². The molecule has 0 saturated carbocycles. The van der Waals surface area contributed by atoms with Gasteiger partial charge in [-0.25, -0.2) is 8.42 Å². The quantitative estimate of drug-likeness (QED) is 0.893. The van der Waals surface area contributed by atoms with E-state index in [4.69, 9.17) is 0 Å². The first kappa shape index (κ1) is 17.4. The van der Waals surface area contributed by atoms with Gasteiger partial charge in [-0.05, 0) is 50.4 Å². The summed E-state index contributed by atoms with van der Waals surface area (Å²) in [6.45, 7) is 3.24. The Morgan fingerprint density at radius 2 is 1.92 bits per heavy atom. The molecule has 0 atom stereocenters. The van der Waals surface area contributed by atoms with Crippen molar-refractivity contribution in [1.82, 2.24) is 9.62 Å². The van der Waals surface area contributed by atoms with Crippen LogP contribution in [0, 0.1) is 0 Å². The first-order chi connectivity index (χ1) is 11.4. The van der Waals surface area contributed by atoms with Gasteiger partial charge in [0.05, 0.1) is 4.90 Å². The number of carbonyl (C=O) groups excluding carboxylic acids is 1. The lowest BCUT2D eigenvalue weighted by atomic mass is 10.0. The van der Waals surface area contributed by atoms with Crippen LogP contribution in [0.5, 0.6) is 0 Å². The van der Waals surface area contributed by atoms with Gasteiger partial charge in [0.2, 0.25) is 15.9 Å². The molecule has 0 aromatic heterocycles. The molecular formula is C17H25N3O3S. The molecule has 0 bridgehead atoms. The van der Waals surface area contributed by atoms with Gasteiger partial charge in [-0.2, -0.15) is 4.31 Å². The van der Waals surface area contributed by atoms with Crippen LogP contribution in [0.15, 0.2) is 23.1 Å². The molecule has 0 unspecified atom stereocenters. The molecule has 132 valence electrons. The summed E-state index contributed by atoms with van der Waals surface area (Å²) in [7, 11) is -1.60. The number of benzene rings is 1. The highest BCUT2D eigenvalue weighted by molar-refractivity contribution is 7.89. The van der Waals surface area contributed by atoms with E-state index in [2.05, 4.69) is 5.32 Å². The summed E-state index contributed by atoms with van der Waals surface area (Å²) in [6.07, 6.45) is 3.43. The van der Waals surface area contributed by atoms with E-state index in [0.717, 1.165) is 36.9 Å². The number of hydrogen-bond acceptors (Lipinski definition) is 4. The van der Waals surface area contributed by atoms with Crippen LogP contribution in [-0.2, 0) is 21.2 Å². The van der Waals surface area contributed by atoms with Crippen LogP contribution in [0.1, 0.15) is 31.7 Å². The van der Waals surface area contributed by atoms with Crippen molar-refractivity contribution in [3.8, 4) is 0 Å². The Morgan fingerprint density at radius 3 is 2.54 bits per heavy atom. The molecule has 2 aliphatic rings. The van der Waals surface area contributed by atoms with Crippen LogP contribution in [-0.4, -0.2) is 51.4 Å². The smallest absolute Gasteiger partial charge is 0.243 e. The monoisotopic (exact) mass is 351 g/mol. The Kier molecular flexibility index (Phi) is 4.94. The van der Waals surface area contributed by atoms with Crippen LogP contribution < -0.4 is 10.2 Å². The minimum atomic E-state index is -3.51. The number of anilines is 1. The Morgan fingerprint density at radius 1 is 1.21 bits per heavy atom. The van der Waals surface area contributed by atoms with Gasteiger partial charge in [0.25, 0.3) is 0 Å². The molecule has 1 N–H and O–H groups in total. The highest BCUT2D eigenvalue weighted by Gasteiger charge is 2.30. The first-order valence-electron chi connectivity index (χ1n) is 8.52. The normalized spacial score (nSPS) is 20.0. The van der Waals surface area contributed by atoms with E-state index in [1.54, 1.807) is 21.3 Å². The maximum atomic E-state index is 12.9. The van der Waals surface area contributed by atoms with Gasteiger partial charge in [0, 0.05) is 38.3 Å². The number of sulfonamides is 1. The second kappa shape index (κ2) is 6.82.